The maximum atomic E-state index is 11.8. The van der Waals surface area contributed by atoms with Crippen molar-refractivity contribution in [1.29, 1.82) is 0 Å². The number of rotatable bonds is 6. The quantitative estimate of drug-likeness (QED) is 0.496. The Labute approximate surface area is 169 Å². The Hall–Kier alpha value is -2.00. The van der Waals surface area contributed by atoms with Crippen LogP contribution in [0.2, 0.25) is 0 Å². The number of amidine groups is 1. The van der Waals surface area contributed by atoms with Gasteiger partial charge in [0.2, 0.25) is 0 Å². The fraction of sp³-hybridized carbons (Fsp3) is 0.158. The molecule has 0 fully saturated rings. The largest absolute Gasteiger partial charge is 0.490 e. The van der Waals surface area contributed by atoms with Crippen LogP contribution >= 0.6 is 34.4 Å². The first-order chi connectivity index (χ1) is 12.6. The zero-order valence-electron chi connectivity index (χ0n) is 14.1. The Morgan fingerprint density at radius 1 is 1.23 bits per heavy atom. The number of aliphatic imine (C=N–C) groups is 1. The van der Waals surface area contributed by atoms with E-state index in [-0.39, 0.29) is 11.1 Å². The van der Waals surface area contributed by atoms with Crippen molar-refractivity contribution in [1.82, 2.24) is 0 Å². The minimum Gasteiger partial charge on any atom is -0.490 e. The minimum atomic E-state index is -0.315. The first kappa shape index (κ1) is 18.8. The third-order valence-electron chi connectivity index (χ3n) is 3.49. The van der Waals surface area contributed by atoms with Gasteiger partial charge in [0.1, 0.15) is 6.61 Å². The molecule has 2 N–H and O–H groups in total. The zero-order valence-corrected chi connectivity index (χ0v) is 17.0. The lowest BCUT2D eigenvalue weighted by Crippen LogP contribution is -2.02. The lowest BCUT2D eigenvalue weighted by Gasteiger charge is -2.15. The van der Waals surface area contributed by atoms with Crippen molar-refractivity contribution in [2.45, 2.75) is 13.5 Å². The maximum absolute atomic E-state index is 11.8. The molecule has 0 radical (unpaired) electrons. The van der Waals surface area contributed by atoms with E-state index in [1.165, 1.54) is 11.8 Å². The molecule has 7 heteroatoms. The summed E-state index contributed by atoms with van der Waals surface area (Å²) < 4.78 is 12.7. The van der Waals surface area contributed by atoms with Gasteiger partial charge in [-0.15, -0.1) is 0 Å². The average Bonchev–Trinajstić information content (AvgIpc) is 2.92. The minimum absolute atomic E-state index is 0.267. The first-order valence-electron chi connectivity index (χ1n) is 7.98. The summed E-state index contributed by atoms with van der Waals surface area (Å²) in [5, 5.41) is 0.267. The highest BCUT2D eigenvalue weighted by Gasteiger charge is 2.20. The van der Waals surface area contributed by atoms with Crippen molar-refractivity contribution in [2.75, 3.05) is 6.61 Å². The van der Waals surface area contributed by atoms with Gasteiger partial charge in [-0.2, -0.15) is 4.99 Å². The fourth-order valence-electron chi connectivity index (χ4n) is 2.38. The van der Waals surface area contributed by atoms with E-state index < -0.39 is 0 Å². The fourth-order valence-corrected chi connectivity index (χ4v) is 3.84. The highest BCUT2D eigenvalue weighted by atomic mass is 127. The Morgan fingerprint density at radius 2 is 2.00 bits per heavy atom. The molecular weight excluding hydrogens is 463 g/mol. The Balaban J connectivity index is 1.86. The van der Waals surface area contributed by atoms with Gasteiger partial charge in [0.25, 0.3) is 5.91 Å². The molecule has 0 unspecified atom stereocenters. The molecule has 2 aromatic carbocycles. The molecule has 0 atom stereocenters. The van der Waals surface area contributed by atoms with E-state index in [9.17, 15) is 4.79 Å². The molecule has 0 saturated heterocycles. The summed E-state index contributed by atoms with van der Waals surface area (Å²) in [7, 11) is 0. The molecule has 1 aliphatic rings. The van der Waals surface area contributed by atoms with Crippen molar-refractivity contribution in [2.24, 2.45) is 10.7 Å². The van der Waals surface area contributed by atoms with E-state index in [1.54, 1.807) is 6.08 Å². The number of halogens is 1. The molecule has 2 aromatic rings. The van der Waals surface area contributed by atoms with Crippen LogP contribution in [0.25, 0.3) is 6.08 Å². The highest BCUT2D eigenvalue weighted by Crippen LogP contribution is 2.36. The second kappa shape index (κ2) is 8.59. The number of carbonyl (C=O) groups excluding carboxylic acids is 1. The topological polar surface area (TPSA) is 73.9 Å². The molecule has 0 spiro atoms. The highest BCUT2D eigenvalue weighted by molar-refractivity contribution is 14.1. The first-order valence-corrected chi connectivity index (χ1v) is 9.87. The predicted molar refractivity (Wildman–Crippen MR) is 113 cm³/mol. The van der Waals surface area contributed by atoms with Gasteiger partial charge in [-0.25, -0.2) is 0 Å². The number of thioether (sulfide) groups is 1. The average molecular weight is 480 g/mol. The second-order valence-electron chi connectivity index (χ2n) is 5.40. The molecule has 1 aliphatic heterocycles. The number of ether oxygens (including phenoxy) is 2. The number of carbonyl (C=O) groups is 1. The maximum Gasteiger partial charge on any atom is 0.286 e. The zero-order chi connectivity index (χ0) is 18.5. The molecule has 3 rings (SSSR count). The standard InChI is InChI=1S/C19H17IN2O3S/c1-2-24-15-9-13(10-16-18(23)22-19(21)26-16)8-14(20)17(15)25-11-12-6-4-3-5-7-12/h3-10H,2,11H2,1H3,(H2,21,22,23)/b16-10-. The summed E-state index contributed by atoms with van der Waals surface area (Å²) in [6, 6.07) is 13.8. The van der Waals surface area contributed by atoms with Gasteiger partial charge < -0.3 is 15.2 Å². The molecule has 1 heterocycles. The van der Waals surface area contributed by atoms with Crippen LogP contribution in [0.4, 0.5) is 0 Å². The summed E-state index contributed by atoms with van der Waals surface area (Å²) in [6.45, 7) is 2.89. The molecule has 1 amide bonds. The lowest BCUT2D eigenvalue weighted by molar-refractivity contribution is -0.113. The third-order valence-corrected chi connectivity index (χ3v) is 5.11. The van der Waals surface area contributed by atoms with Crippen LogP contribution in [-0.2, 0) is 11.4 Å². The van der Waals surface area contributed by atoms with Crippen LogP contribution in [0.15, 0.2) is 52.4 Å². The van der Waals surface area contributed by atoms with Crippen LogP contribution in [0, 0.1) is 3.57 Å². The van der Waals surface area contributed by atoms with Crippen molar-refractivity contribution < 1.29 is 14.3 Å². The van der Waals surface area contributed by atoms with Crippen LogP contribution in [0.1, 0.15) is 18.1 Å². The summed E-state index contributed by atoms with van der Waals surface area (Å²) in [5.74, 6) is 1.02. The van der Waals surface area contributed by atoms with E-state index in [1.807, 2.05) is 49.4 Å². The lowest BCUT2D eigenvalue weighted by atomic mass is 10.2. The van der Waals surface area contributed by atoms with Gasteiger partial charge in [-0.3, -0.25) is 4.79 Å². The molecular formula is C19H17IN2O3S. The molecule has 0 aliphatic carbocycles. The number of nitrogens with two attached hydrogens (primary N) is 1. The number of hydrogen-bond donors (Lipinski definition) is 1. The van der Waals surface area contributed by atoms with E-state index in [0.717, 1.165) is 14.7 Å². The Bertz CT molecular complexity index is 882. The molecule has 0 bridgehead atoms. The van der Waals surface area contributed by atoms with Crippen molar-refractivity contribution in [3.63, 3.8) is 0 Å². The summed E-state index contributed by atoms with van der Waals surface area (Å²) in [5.41, 5.74) is 7.52. The Kier molecular flexibility index (Phi) is 6.20. The monoisotopic (exact) mass is 480 g/mol. The van der Waals surface area contributed by atoms with E-state index in [0.29, 0.717) is 29.6 Å². The van der Waals surface area contributed by atoms with Gasteiger partial charge in [0, 0.05) is 0 Å². The van der Waals surface area contributed by atoms with Gasteiger partial charge in [0.15, 0.2) is 16.7 Å². The van der Waals surface area contributed by atoms with Gasteiger partial charge in [0.05, 0.1) is 15.1 Å². The van der Waals surface area contributed by atoms with E-state index in [2.05, 4.69) is 27.6 Å². The summed E-state index contributed by atoms with van der Waals surface area (Å²) in [6.07, 6.45) is 1.77. The molecule has 5 nitrogen and oxygen atoms in total. The normalized spacial score (nSPS) is 15.2. The molecule has 0 saturated carbocycles. The third kappa shape index (κ3) is 4.59. The molecule has 0 aromatic heterocycles. The van der Waals surface area contributed by atoms with Crippen LogP contribution in [0.5, 0.6) is 11.5 Å². The van der Waals surface area contributed by atoms with Gasteiger partial charge in [-0.1, -0.05) is 30.3 Å². The van der Waals surface area contributed by atoms with Crippen molar-refractivity contribution >= 4 is 51.5 Å². The summed E-state index contributed by atoms with van der Waals surface area (Å²) in [4.78, 5) is 16.0. The van der Waals surface area contributed by atoms with Gasteiger partial charge in [-0.05, 0) is 70.6 Å². The van der Waals surface area contributed by atoms with Crippen LogP contribution in [0.3, 0.4) is 0 Å². The Morgan fingerprint density at radius 3 is 2.65 bits per heavy atom. The molecule has 26 heavy (non-hydrogen) atoms. The van der Waals surface area contributed by atoms with Crippen LogP contribution in [-0.4, -0.2) is 17.7 Å². The smallest absolute Gasteiger partial charge is 0.286 e. The predicted octanol–water partition coefficient (Wildman–Crippen LogP) is 4.20. The molecule has 134 valence electrons. The van der Waals surface area contributed by atoms with Crippen molar-refractivity contribution in [3.05, 3.63) is 62.1 Å². The number of benzene rings is 2. The second-order valence-corrected chi connectivity index (χ2v) is 7.63. The summed E-state index contributed by atoms with van der Waals surface area (Å²) >= 11 is 3.38. The van der Waals surface area contributed by atoms with E-state index >= 15 is 0 Å². The van der Waals surface area contributed by atoms with Gasteiger partial charge >= 0.3 is 0 Å². The number of hydrogen-bond acceptors (Lipinski definition) is 5. The SMILES string of the molecule is CCOc1cc(/C=C2\SC(N)=NC2=O)cc(I)c1OCc1ccccc1. The van der Waals surface area contributed by atoms with Crippen LogP contribution < -0.4 is 15.2 Å². The number of amides is 1. The number of nitrogens with zero attached hydrogens (tertiary/aromatic N) is 1. The van der Waals surface area contributed by atoms with E-state index in [4.69, 9.17) is 15.2 Å². The van der Waals surface area contributed by atoms with Crippen molar-refractivity contribution in [3.8, 4) is 11.5 Å².